The molecule has 4 nitrogen and oxygen atoms in total. The minimum atomic E-state index is -0.399. The third-order valence-electron chi connectivity index (χ3n) is 5.18. The molecule has 0 bridgehead atoms. The zero-order chi connectivity index (χ0) is 19.9. The molecule has 1 fully saturated rings. The number of anilines is 1. The van der Waals surface area contributed by atoms with E-state index in [1.165, 1.54) is 43.4 Å². The summed E-state index contributed by atoms with van der Waals surface area (Å²) in [7, 11) is 0. The quantitative estimate of drug-likeness (QED) is 0.467. The van der Waals surface area contributed by atoms with E-state index in [2.05, 4.69) is 21.2 Å². The number of hydrogen-bond donors (Lipinski definition) is 1. The summed E-state index contributed by atoms with van der Waals surface area (Å²) in [6, 6.07) is 7.77. The molecule has 0 unspecified atom stereocenters. The Balaban J connectivity index is 1.75. The van der Waals surface area contributed by atoms with Gasteiger partial charge in [-0.05, 0) is 37.0 Å². The smallest absolute Gasteiger partial charge is 0.341 e. The summed E-state index contributed by atoms with van der Waals surface area (Å²) in [5, 5.41) is 5.44. The molecule has 1 aliphatic carbocycles. The molecular formula is C22H26BrNO3S. The summed E-state index contributed by atoms with van der Waals surface area (Å²) in [6.45, 7) is 2.08. The van der Waals surface area contributed by atoms with Crippen molar-refractivity contribution in [1.29, 1.82) is 0 Å². The van der Waals surface area contributed by atoms with Gasteiger partial charge in [0, 0.05) is 21.8 Å². The van der Waals surface area contributed by atoms with Gasteiger partial charge in [-0.15, -0.1) is 11.3 Å². The average Bonchev–Trinajstić information content (AvgIpc) is 3.11. The van der Waals surface area contributed by atoms with Gasteiger partial charge in [-0.25, -0.2) is 4.79 Å². The fraction of sp³-hybridized carbons (Fsp3) is 0.455. The second-order valence-corrected chi connectivity index (χ2v) is 8.97. The molecule has 6 heteroatoms. The highest BCUT2D eigenvalue weighted by molar-refractivity contribution is 9.10. The van der Waals surface area contributed by atoms with Crippen LogP contribution in [0.5, 0.6) is 0 Å². The maximum Gasteiger partial charge on any atom is 0.341 e. The highest BCUT2D eigenvalue weighted by Gasteiger charge is 2.23. The largest absolute Gasteiger partial charge is 0.462 e. The van der Waals surface area contributed by atoms with Crippen LogP contribution < -0.4 is 5.32 Å². The standard InChI is InChI=1S/C22H26BrNO3S/c1-2-27-22(26)20-18(16-9-11-17(23)12-10-16)14-28-21(20)24-19(25)13-8-15-6-4-3-5-7-15/h9-12,14-15H,2-8,13H2,1H3,(H,24,25). The summed E-state index contributed by atoms with van der Waals surface area (Å²) < 4.78 is 6.23. The van der Waals surface area contributed by atoms with Crippen LogP contribution in [0.2, 0.25) is 0 Å². The SMILES string of the molecule is CCOC(=O)c1c(-c2ccc(Br)cc2)csc1NC(=O)CCC1CCCCC1. The van der Waals surface area contributed by atoms with E-state index in [0.717, 1.165) is 22.0 Å². The second-order valence-electron chi connectivity index (χ2n) is 7.17. The maximum absolute atomic E-state index is 12.6. The average molecular weight is 464 g/mol. The topological polar surface area (TPSA) is 55.4 Å². The van der Waals surface area contributed by atoms with Gasteiger partial charge >= 0.3 is 5.97 Å². The maximum atomic E-state index is 12.6. The Kier molecular flexibility index (Phi) is 7.68. The Morgan fingerprint density at radius 3 is 2.57 bits per heavy atom. The zero-order valence-corrected chi connectivity index (χ0v) is 18.5. The molecule has 1 aromatic heterocycles. The van der Waals surface area contributed by atoms with Crippen molar-refractivity contribution < 1.29 is 14.3 Å². The molecule has 1 aromatic carbocycles. The van der Waals surface area contributed by atoms with E-state index < -0.39 is 5.97 Å². The summed E-state index contributed by atoms with van der Waals surface area (Å²) in [4.78, 5) is 25.1. The summed E-state index contributed by atoms with van der Waals surface area (Å²) in [5.41, 5.74) is 2.16. The predicted molar refractivity (Wildman–Crippen MR) is 118 cm³/mol. The Labute approximate surface area is 178 Å². The molecule has 28 heavy (non-hydrogen) atoms. The van der Waals surface area contributed by atoms with Crippen LogP contribution in [-0.2, 0) is 9.53 Å². The molecule has 0 spiro atoms. The van der Waals surface area contributed by atoms with Crippen LogP contribution in [0.15, 0.2) is 34.1 Å². The zero-order valence-electron chi connectivity index (χ0n) is 16.1. The molecule has 0 saturated heterocycles. The van der Waals surface area contributed by atoms with Gasteiger partial charge in [0.1, 0.15) is 10.6 Å². The van der Waals surface area contributed by atoms with Gasteiger partial charge < -0.3 is 10.1 Å². The lowest BCUT2D eigenvalue weighted by Gasteiger charge is -2.20. The number of thiophene rings is 1. The molecule has 1 amide bonds. The first-order valence-electron chi connectivity index (χ1n) is 9.93. The summed E-state index contributed by atoms with van der Waals surface area (Å²) in [5.74, 6) is 0.232. The number of hydrogen-bond acceptors (Lipinski definition) is 4. The first-order valence-corrected chi connectivity index (χ1v) is 11.6. The van der Waals surface area contributed by atoms with Gasteiger partial charge in [-0.1, -0.05) is 60.2 Å². The molecule has 3 rings (SSSR count). The minimum Gasteiger partial charge on any atom is -0.462 e. The lowest BCUT2D eigenvalue weighted by atomic mass is 9.86. The number of esters is 1. The molecule has 0 aliphatic heterocycles. The molecule has 1 saturated carbocycles. The Morgan fingerprint density at radius 1 is 1.18 bits per heavy atom. The highest BCUT2D eigenvalue weighted by Crippen LogP contribution is 2.37. The third-order valence-corrected chi connectivity index (χ3v) is 6.61. The van der Waals surface area contributed by atoms with Crippen LogP contribution in [0.4, 0.5) is 5.00 Å². The van der Waals surface area contributed by atoms with E-state index in [1.54, 1.807) is 6.92 Å². The van der Waals surface area contributed by atoms with Crippen molar-refractivity contribution >= 4 is 44.1 Å². The Hall–Kier alpha value is -1.66. The first kappa shape index (κ1) is 21.1. The van der Waals surface area contributed by atoms with Crippen LogP contribution in [0.25, 0.3) is 11.1 Å². The lowest BCUT2D eigenvalue weighted by Crippen LogP contribution is -2.16. The summed E-state index contributed by atoms with van der Waals surface area (Å²) in [6.07, 6.45) is 7.76. The van der Waals surface area contributed by atoms with Crippen LogP contribution >= 0.6 is 27.3 Å². The Bertz CT molecular complexity index is 810. The first-order chi connectivity index (χ1) is 13.6. The van der Waals surface area contributed by atoms with Crippen LogP contribution in [0.1, 0.15) is 62.2 Å². The molecular weight excluding hydrogens is 438 g/mol. The monoisotopic (exact) mass is 463 g/mol. The van der Waals surface area contributed by atoms with Crippen molar-refractivity contribution in [2.24, 2.45) is 5.92 Å². The molecule has 0 radical (unpaired) electrons. The lowest BCUT2D eigenvalue weighted by molar-refractivity contribution is -0.116. The van der Waals surface area contributed by atoms with Crippen LogP contribution in [-0.4, -0.2) is 18.5 Å². The Morgan fingerprint density at radius 2 is 1.89 bits per heavy atom. The molecule has 1 N–H and O–H groups in total. The van der Waals surface area contributed by atoms with Gasteiger partial charge in [0.2, 0.25) is 5.91 Å². The summed E-state index contributed by atoms with van der Waals surface area (Å²) >= 11 is 4.81. The van der Waals surface area contributed by atoms with E-state index >= 15 is 0 Å². The van der Waals surface area contributed by atoms with Gasteiger partial charge in [-0.2, -0.15) is 0 Å². The predicted octanol–water partition coefficient (Wildman–Crippen LogP) is 6.65. The number of carbonyl (C=O) groups is 2. The fourth-order valence-electron chi connectivity index (χ4n) is 3.70. The van der Waals surface area contributed by atoms with E-state index in [-0.39, 0.29) is 5.91 Å². The van der Waals surface area contributed by atoms with Gasteiger partial charge in [-0.3, -0.25) is 4.79 Å². The normalized spacial score (nSPS) is 14.6. The van der Waals surface area contributed by atoms with Crippen molar-refractivity contribution in [3.63, 3.8) is 0 Å². The van der Waals surface area contributed by atoms with E-state index in [0.29, 0.717) is 29.5 Å². The molecule has 1 heterocycles. The number of carbonyl (C=O) groups excluding carboxylic acids is 2. The third kappa shape index (κ3) is 5.45. The number of rotatable bonds is 7. The molecule has 0 atom stereocenters. The van der Waals surface area contributed by atoms with E-state index in [4.69, 9.17) is 4.74 Å². The van der Waals surface area contributed by atoms with E-state index in [1.807, 2.05) is 29.6 Å². The van der Waals surface area contributed by atoms with Crippen molar-refractivity contribution in [3.8, 4) is 11.1 Å². The van der Waals surface area contributed by atoms with Crippen LogP contribution in [0, 0.1) is 5.92 Å². The van der Waals surface area contributed by atoms with Crippen LogP contribution in [0.3, 0.4) is 0 Å². The van der Waals surface area contributed by atoms with Gasteiger partial charge in [0.15, 0.2) is 0 Å². The number of nitrogens with one attached hydrogen (secondary N) is 1. The highest BCUT2D eigenvalue weighted by atomic mass is 79.9. The van der Waals surface area contributed by atoms with Crippen molar-refractivity contribution in [2.75, 3.05) is 11.9 Å². The second kappa shape index (κ2) is 10.2. The van der Waals surface area contributed by atoms with Crippen molar-refractivity contribution in [3.05, 3.63) is 39.7 Å². The number of amides is 1. The minimum absolute atomic E-state index is 0.0275. The number of benzene rings is 1. The molecule has 150 valence electrons. The fourth-order valence-corrected chi connectivity index (χ4v) is 4.94. The van der Waals surface area contributed by atoms with Gasteiger partial charge in [0.05, 0.1) is 6.61 Å². The van der Waals surface area contributed by atoms with E-state index in [9.17, 15) is 9.59 Å². The number of halogens is 1. The van der Waals surface area contributed by atoms with Crippen molar-refractivity contribution in [1.82, 2.24) is 0 Å². The molecule has 1 aliphatic rings. The van der Waals surface area contributed by atoms with Gasteiger partial charge in [0.25, 0.3) is 0 Å². The van der Waals surface area contributed by atoms with Crippen molar-refractivity contribution in [2.45, 2.75) is 51.9 Å². The number of ether oxygens (including phenoxy) is 1. The molecule has 2 aromatic rings.